The number of benzene rings is 1. The summed E-state index contributed by atoms with van der Waals surface area (Å²) in [5.74, 6) is -0.0249. The van der Waals surface area contributed by atoms with E-state index in [1.807, 2.05) is 6.07 Å². The summed E-state index contributed by atoms with van der Waals surface area (Å²) in [7, 11) is 0. The Bertz CT molecular complexity index is 853. The van der Waals surface area contributed by atoms with Crippen LogP contribution in [-0.2, 0) is 19.6 Å². The zero-order valence-electron chi connectivity index (χ0n) is 16.9. The average Bonchev–Trinajstić information content (AvgIpc) is 2.65. The summed E-state index contributed by atoms with van der Waals surface area (Å²) in [5.41, 5.74) is 8.21. The largest absolute Gasteiger partial charge is 0.326 e. The highest BCUT2D eigenvalue weighted by molar-refractivity contribution is 5.85. The molecule has 1 aromatic carbocycles. The number of nitrogens with zero attached hydrogens (tertiary/aromatic N) is 3. The molecule has 1 saturated heterocycles. The number of piperazine rings is 1. The average molecular weight is 446 g/mol. The molecule has 0 radical (unpaired) electrons. The van der Waals surface area contributed by atoms with Gasteiger partial charge in [0, 0.05) is 62.5 Å². The fourth-order valence-electron chi connectivity index (χ4n) is 3.32. The summed E-state index contributed by atoms with van der Waals surface area (Å²) in [6.45, 7) is 9.06. The quantitative estimate of drug-likeness (QED) is 0.713. The molecule has 0 unspecified atom stereocenters. The first kappa shape index (κ1) is 25.5. The maximum absolute atomic E-state index is 13.8. The lowest BCUT2D eigenvalue weighted by Gasteiger charge is -2.27. The molecule has 2 heterocycles. The molecule has 0 saturated carbocycles. The summed E-state index contributed by atoms with van der Waals surface area (Å²) in [5, 5.41) is 7.87. The highest BCUT2D eigenvalue weighted by atomic mass is 35.5. The molecule has 2 aromatic rings. The van der Waals surface area contributed by atoms with Crippen LogP contribution in [0.25, 0.3) is 11.3 Å². The van der Waals surface area contributed by atoms with Crippen LogP contribution in [0.3, 0.4) is 0 Å². The van der Waals surface area contributed by atoms with Gasteiger partial charge in [0.25, 0.3) is 5.56 Å². The van der Waals surface area contributed by atoms with Crippen molar-refractivity contribution in [2.75, 3.05) is 26.2 Å². The minimum atomic E-state index is -0.321. The van der Waals surface area contributed by atoms with Gasteiger partial charge in [-0.1, -0.05) is 13.8 Å². The molecule has 0 bridgehead atoms. The summed E-state index contributed by atoms with van der Waals surface area (Å²) < 4.78 is 15.4. The molecule has 0 atom stereocenters. The monoisotopic (exact) mass is 445 g/mol. The number of nitrogens with one attached hydrogen (secondary N) is 1. The van der Waals surface area contributed by atoms with Crippen molar-refractivity contribution >= 4 is 24.8 Å². The Morgan fingerprint density at radius 2 is 1.86 bits per heavy atom. The predicted octanol–water partition coefficient (Wildman–Crippen LogP) is 2.41. The van der Waals surface area contributed by atoms with Gasteiger partial charge in [-0.25, -0.2) is 9.07 Å². The van der Waals surface area contributed by atoms with E-state index in [0.717, 1.165) is 37.3 Å². The van der Waals surface area contributed by atoms with Crippen LogP contribution in [0.15, 0.2) is 29.1 Å². The van der Waals surface area contributed by atoms with E-state index in [9.17, 15) is 9.18 Å². The Kier molecular flexibility index (Phi) is 10.2. The number of hydrogen-bond donors (Lipinski definition) is 2. The molecule has 3 N–H and O–H groups in total. The molecule has 6 nitrogen and oxygen atoms in total. The molecular weight excluding hydrogens is 416 g/mol. The molecule has 3 rings (SSSR count). The number of aromatic nitrogens is 2. The van der Waals surface area contributed by atoms with Gasteiger partial charge in [0.1, 0.15) is 5.82 Å². The van der Waals surface area contributed by atoms with Gasteiger partial charge in [-0.2, -0.15) is 5.10 Å². The van der Waals surface area contributed by atoms with Gasteiger partial charge in [-0.15, -0.1) is 24.8 Å². The normalized spacial score (nSPS) is 14.4. The molecule has 29 heavy (non-hydrogen) atoms. The van der Waals surface area contributed by atoms with E-state index in [-0.39, 0.29) is 42.7 Å². The van der Waals surface area contributed by atoms with Gasteiger partial charge in [-0.3, -0.25) is 9.69 Å². The third kappa shape index (κ3) is 6.49. The van der Waals surface area contributed by atoms with Gasteiger partial charge in [-0.05, 0) is 30.2 Å². The summed E-state index contributed by atoms with van der Waals surface area (Å²) in [4.78, 5) is 15.2. The van der Waals surface area contributed by atoms with E-state index in [1.54, 1.807) is 16.8 Å². The molecular formula is C20H30Cl2FN5O. The molecule has 1 aliphatic rings. The SMILES string of the molecule is CC(C)Cn1nc(-c2ccc(F)c(CN)c2)cc(CN2CCNCC2)c1=O.Cl.Cl. The molecule has 162 valence electrons. The zero-order chi connectivity index (χ0) is 19.4. The second-order valence-corrected chi connectivity index (χ2v) is 7.47. The van der Waals surface area contributed by atoms with Crippen molar-refractivity contribution < 1.29 is 4.39 Å². The van der Waals surface area contributed by atoms with Crippen LogP contribution in [0, 0.1) is 11.7 Å². The number of rotatable bonds is 6. The van der Waals surface area contributed by atoms with Crippen molar-refractivity contribution in [1.29, 1.82) is 0 Å². The van der Waals surface area contributed by atoms with Crippen molar-refractivity contribution in [2.45, 2.75) is 33.5 Å². The first-order valence-corrected chi connectivity index (χ1v) is 9.51. The van der Waals surface area contributed by atoms with Crippen LogP contribution in [0.1, 0.15) is 25.0 Å². The van der Waals surface area contributed by atoms with Crippen LogP contribution in [-0.4, -0.2) is 40.9 Å². The summed E-state index contributed by atoms with van der Waals surface area (Å²) in [6, 6.07) is 6.66. The third-order valence-electron chi connectivity index (χ3n) is 4.75. The number of hydrogen-bond acceptors (Lipinski definition) is 5. The maximum atomic E-state index is 13.8. The Morgan fingerprint density at radius 1 is 1.17 bits per heavy atom. The van der Waals surface area contributed by atoms with Gasteiger partial charge < -0.3 is 11.1 Å². The molecule has 9 heteroatoms. The molecule has 1 fully saturated rings. The topological polar surface area (TPSA) is 76.2 Å². The van der Waals surface area contributed by atoms with Crippen LogP contribution >= 0.6 is 24.8 Å². The summed E-state index contributed by atoms with van der Waals surface area (Å²) >= 11 is 0. The minimum absolute atomic E-state index is 0. The Labute approximate surface area is 183 Å². The second-order valence-electron chi connectivity index (χ2n) is 7.47. The van der Waals surface area contributed by atoms with Crippen LogP contribution < -0.4 is 16.6 Å². The zero-order valence-corrected chi connectivity index (χ0v) is 18.5. The third-order valence-corrected chi connectivity index (χ3v) is 4.75. The first-order chi connectivity index (χ1) is 13.0. The standard InChI is InChI=1S/C20H28FN5O.2ClH/c1-14(2)12-26-20(27)17(13-25-7-5-23-6-8-25)10-19(24-26)15-3-4-18(21)16(9-15)11-22;;/h3-4,9-10,14,23H,5-8,11-13,22H2,1-2H3;2*1H. The van der Waals surface area contributed by atoms with E-state index in [0.29, 0.717) is 30.3 Å². The molecule has 1 aliphatic heterocycles. The van der Waals surface area contributed by atoms with Crippen LogP contribution in [0.4, 0.5) is 4.39 Å². The molecule has 0 amide bonds. The lowest BCUT2D eigenvalue weighted by molar-refractivity contribution is 0.231. The van der Waals surface area contributed by atoms with E-state index >= 15 is 0 Å². The van der Waals surface area contributed by atoms with E-state index in [2.05, 4.69) is 29.2 Å². The van der Waals surface area contributed by atoms with Crippen molar-refractivity contribution in [1.82, 2.24) is 20.0 Å². The lowest BCUT2D eigenvalue weighted by Crippen LogP contribution is -2.44. The van der Waals surface area contributed by atoms with Gasteiger partial charge in [0.05, 0.1) is 5.69 Å². The van der Waals surface area contributed by atoms with Crippen molar-refractivity contribution in [3.63, 3.8) is 0 Å². The van der Waals surface area contributed by atoms with Crippen molar-refractivity contribution in [3.05, 3.63) is 51.6 Å². The van der Waals surface area contributed by atoms with E-state index in [4.69, 9.17) is 5.73 Å². The molecule has 0 aliphatic carbocycles. The highest BCUT2D eigenvalue weighted by Crippen LogP contribution is 2.21. The molecule has 0 spiro atoms. The maximum Gasteiger partial charge on any atom is 0.271 e. The van der Waals surface area contributed by atoms with Crippen LogP contribution in [0.5, 0.6) is 0 Å². The second kappa shape index (κ2) is 11.6. The minimum Gasteiger partial charge on any atom is -0.326 e. The smallest absolute Gasteiger partial charge is 0.271 e. The molecule has 1 aromatic heterocycles. The first-order valence-electron chi connectivity index (χ1n) is 9.51. The van der Waals surface area contributed by atoms with E-state index < -0.39 is 0 Å². The fourth-order valence-corrected chi connectivity index (χ4v) is 3.32. The van der Waals surface area contributed by atoms with Crippen molar-refractivity contribution in [3.8, 4) is 11.3 Å². The van der Waals surface area contributed by atoms with E-state index in [1.165, 1.54) is 6.07 Å². The van der Waals surface area contributed by atoms with Crippen LogP contribution in [0.2, 0.25) is 0 Å². The number of halogens is 3. The van der Waals surface area contributed by atoms with Gasteiger partial charge in [0.15, 0.2) is 0 Å². The highest BCUT2D eigenvalue weighted by Gasteiger charge is 2.16. The van der Waals surface area contributed by atoms with Crippen molar-refractivity contribution in [2.24, 2.45) is 11.7 Å². The predicted molar refractivity (Wildman–Crippen MR) is 119 cm³/mol. The van der Waals surface area contributed by atoms with Gasteiger partial charge >= 0.3 is 0 Å². The fraction of sp³-hybridized carbons (Fsp3) is 0.500. The summed E-state index contributed by atoms with van der Waals surface area (Å²) in [6.07, 6.45) is 0. The Hall–Kier alpha value is -1.51. The van der Waals surface area contributed by atoms with Gasteiger partial charge in [0.2, 0.25) is 0 Å². The Morgan fingerprint density at radius 3 is 2.48 bits per heavy atom. The Balaban J connectivity index is 0.00000210. The number of nitrogens with two attached hydrogens (primary N) is 1. The lowest BCUT2D eigenvalue weighted by atomic mass is 10.1.